The number of hydrogen-bond acceptors (Lipinski definition) is 4. The summed E-state index contributed by atoms with van der Waals surface area (Å²) >= 11 is 0. The maximum absolute atomic E-state index is 12.3. The Morgan fingerprint density at radius 1 is 1.04 bits per heavy atom. The minimum Gasteiger partial charge on any atom is -0.460 e. The molecule has 0 aliphatic heterocycles. The van der Waals surface area contributed by atoms with Gasteiger partial charge in [0, 0.05) is 13.7 Å². The van der Waals surface area contributed by atoms with Gasteiger partial charge in [-0.3, -0.25) is 0 Å². The third-order valence-corrected chi connectivity index (χ3v) is 4.16. The first-order chi connectivity index (χ1) is 11.7. The molecule has 1 N–H and O–H groups in total. The first-order valence-electron chi connectivity index (χ1n) is 8.23. The highest BCUT2D eigenvalue weighted by Crippen LogP contribution is 2.26. The number of hydrogen-bond donors (Lipinski definition) is 1. The molecule has 24 heavy (non-hydrogen) atoms. The number of ether oxygens (including phenoxy) is 2. The maximum Gasteiger partial charge on any atom is 0.338 e. The topological polar surface area (TPSA) is 47.6 Å². The van der Waals surface area contributed by atoms with Gasteiger partial charge in [0.05, 0.1) is 17.7 Å². The van der Waals surface area contributed by atoms with Gasteiger partial charge in [-0.2, -0.15) is 0 Å². The third-order valence-electron chi connectivity index (χ3n) is 4.16. The average molecular weight is 327 g/mol. The lowest BCUT2D eigenvalue weighted by molar-refractivity contribution is 0.0340. The van der Waals surface area contributed by atoms with Crippen LogP contribution in [-0.2, 0) is 15.0 Å². The Balaban J connectivity index is 2.14. The zero-order valence-corrected chi connectivity index (χ0v) is 14.3. The van der Waals surface area contributed by atoms with Crippen molar-refractivity contribution in [3.8, 4) is 0 Å². The SMILES string of the molecule is CC[C@](COC(=O)c1ccccc1)(NCCOC)c1ccccc1. The summed E-state index contributed by atoms with van der Waals surface area (Å²) in [6, 6.07) is 19.1. The molecule has 0 aromatic heterocycles. The molecule has 0 aliphatic rings. The van der Waals surface area contributed by atoms with Crippen molar-refractivity contribution < 1.29 is 14.3 Å². The number of nitrogens with one attached hydrogen (secondary N) is 1. The van der Waals surface area contributed by atoms with Crippen LogP contribution >= 0.6 is 0 Å². The zero-order valence-electron chi connectivity index (χ0n) is 14.3. The van der Waals surface area contributed by atoms with Crippen molar-refractivity contribution in [3.05, 3.63) is 71.8 Å². The Labute approximate surface area is 143 Å². The van der Waals surface area contributed by atoms with E-state index in [1.165, 1.54) is 0 Å². The molecule has 0 saturated heterocycles. The Morgan fingerprint density at radius 3 is 2.25 bits per heavy atom. The van der Waals surface area contributed by atoms with Crippen molar-refractivity contribution in [1.29, 1.82) is 0 Å². The van der Waals surface area contributed by atoms with Crippen molar-refractivity contribution in [2.24, 2.45) is 0 Å². The lowest BCUT2D eigenvalue weighted by Crippen LogP contribution is -2.47. The molecule has 0 amide bonds. The maximum atomic E-state index is 12.3. The smallest absolute Gasteiger partial charge is 0.338 e. The predicted octanol–water partition coefficient (Wildman–Crippen LogP) is 3.38. The Kier molecular flexibility index (Phi) is 6.97. The fraction of sp³-hybridized carbons (Fsp3) is 0.350. The van der Waals surface area contributed by atoms with E-state index in [1.54, 1.807) is 19.2 Å². The van der Waals surface area contributed by atoms with Gasteiger partial charge in [0.15, 0.2) is 0 Å². The number of carbonyl (C=O) groups is 1. The van der Waals surface area contributed by atoms with Crippen LogP contribution < -0.4 is 5.32 Å². The number of carbonyl (C=O) groups excluding carboxylic acids is 1. The molecular weight excluding hydrogens is 302 g/mol. The fourth-order valence-electron chi connectivity index (χ4n) is 2.66. The van der Waals surface area contributed by atoms with E-state index in [0.717, 1.165) is 12.0 Å². The van der Waals surface area contributed by atoms with Gasteiger partial charge in [0.2, 0.25) is 0 Å². The van der Waals surface area contributed by atoms with Crippen LogP contribution in [0.4, 0.5) is 0 Å². The largest absolute Gasteiger partial charge is 0.460 e. The standard InChI is InChI=1S/C20H25NO3/c1-3-20(21-14-15-23-2,18-12-8-5-9-13-18)16-24-19(22)17-10-6-4-7-11-17/h4-13,21H,3,14-16H2,1-2H3/t20-/m1/s1. The minimum absolute atomic E-state index is 0.269. The molecule has 2 aromatic rings. The highest BCUT2D eigenvalue weighted by molar-refractivity contribution is 5.89. The fourth-order valence-corrected chi connectivity index (χ4v) is 2.66. The van der Waals surface area contributed by atoms with E-state index in [9.17, 15) is 4.79 Å². The van der Waals surface area contributed by atoms with Crippen LogP contribution in [0.15, 0.2) is 60.7 Å². The molecule has 0 aliphatic carbocycles. The monoisotopic (exact) mass is 327 g/mol. The van der Waals surface area contributed by atoms with Crippen molar-refractivity contribution >= 4 is 5.97 Å². The van der Waals surface area contributed by atoms with Crippen molar-refractivity contribution in [2.45, 2.75) is 18.9 Å². The molecule has 4 nitrogen and oxygen atoms in total. The molecule has 128 valence electrons. The molecule has 0 heterocycles. The Bertz CT molecular complexity index is 615. The molecule has 0 saturated carbocycles. The highest BCUT2D eigenvalue weighted by atomic mass is 16.5. The molecule has 4 heteroatoms. The van der Waals surface area contributed by atoms with E-state index in [-0.39, 0.29) is 12.6 Å². The van der Waals surface area contributed by atoms with Crippen molar-refractivity contribution in [1.82, 2.24) is 5.32 Å². The number of rotatable bonds is 9. The van der Waals surface area contributed by atoms with Gasteiger partial charge < -0.3 is 14.8 Å². The van der Waals surface area contributed by atoms with Gasteiger partial charge >= 0.3 is 5.97 Å². The van der Waals surface area contributed by atoms with Gasteiger partial charge in [-0.15, -0.1) is 0 Å². The molecule has 2 aromatic carbocycles. The predicted molar refractivity (Wildman–Crippen MR) is 95.0 cm³/mol. The summed E-state index contributed by atoms with van der Waals surface area (Å²) in [4.78, 5) is 12.3. The summed E-state index contributed by atoms with van der Waals surface area (Å²) in [7, 11) is 1.67. The first kappa shape index (κ1) is 18.2. The van der Waals surface area contributed by atoms with E-state index < -0.39 is 5.54 Å². The minimum atomic E-state index is -0.426. The summed E-state index contributed by atoms with van der Waals surface area (Å²) in [5, 5.41) is 3.50. The Morgan fingerprint density at radius 2 is 1.67 bits per heavy atom. The van der Waals surface area contributed by atoms with Crippen molar-refractivity contribution in [2.75, 3.05) is 26.9 Å². The van der Waals surface area contributed by atoms with Gasteiger partial charge in [0.1, 0.15) is 6.61 Å². The molecule has 0 bridgehead atoms. The van der Waals surface area contributed by atoms with Crippen LogP contribution in [0.25, 0.3) is 0 Å². The lowest BCUT2D eigenvalue weighted by Gasteiger charge is -2.34. The molecular formula is C20H25NO3. The zero-order chi connectivity index (χ0) is 17.3. The number of methoxy groups -OCH3 is 1. The highest BCUT2D eigenvalue weighted by Gasteiger charge is 2.31. The molecule has 0 spiro atoms. The van der Waals surface area contributed by atoms with E-state index in [0.29, 0.717) is 18.7 Å². The molecule has 0 unspecified atom stereocenters. The van der Waals surface area contributed by atoms with Crippen LogP contribution in [0, 0.1) is 0 Å². The van der Waals surface area contributed by atoms with E-state index >= 15 is 0 Å². The second-order valence-electron chi connectivity index (χ2n) is 5.66. The first-order valence-corrected chi connectivity index (χ1v) is 8.23. The van der Waals surface area contributed by atoms with E-state index in [2.05, 4.69) is 24.4 Å². The van der Waals surface area contributed by atoms with Gasteiger partial charge in [-0.1, -0.05) is 55.5 Å². The van der Waals surface area contributed by atoms with Gasteiger partial charge in [-0.25, -0.2) is 4.79 Å². The quantitative estimate of drug-likeness (QED) is 0.566. The van der Waals surface area contributed by atoms with Crippen molar-refractivity contribution in [3.63, 3.8) is 0 Å². The average Bonchev–Trinajstić information content (AvgIpc) is 2.66. The van der Waals surface area contributed by atoms with Crippen LogP contribution in [-0.4, -0.2) is 32.8 Å². The second kappa shape index (κ2) is 9.21. The third kappa shape index (κ3) is 4.66. The van der Waals surface area contributed by atoms with E-state index in [1.807, 2.05) is 36.4 Å². The Hall–Kier alpha value is -2.17. The van der Waals surface area contributed by atoms with Gasteiger partial charge in [-0.05, 0) is 24.1 Å². The van der Waals surface area contributed by atoms with Crippen LogP contribution in [0.2, 0.25) is 0 Å². The second-order valence-corrected chi connectivity index (χ2v) is 5.66. The lowest BCUT2D eigenvalue weighted by atomic mass is 9.88. The van der Waals surface area contributed by atoms with Crippen LogP contribution in [0.1, 0.15) is 29.3 Å². The molecule has 2 rings (SSSR count). The normalized spacial score (nSPS) is 13.2. The molecule has 0 radical (unpaired) electrons. The van der Waals surface area contributed by atoms with Gasteiger partial charge in [0.25, 0.3) is 0 Å². The summed E-state index contributed by atoms with van der Waals surface area (Å²) in [6.45, 7) is 3.64. The number of benzene rings is 2. The molecule has 0 fully saturated rings. The summed E-state index contributed by atoms with van der Waals surface area (Å²) in [5.74, 6) is -0.308. The summed E-state index contributed by atoms with van der Waals surface area (Å²) in [6.07, 6.45) is 0.794. The van der Waals surface area contributed by atoms with E-state index in [4.69, 9.17) is 9.47 Å². The summed E-state index contributed by atoms with van der Waals surface area (Å²) in [5.41, 5.74) is 1.24. The van der Waals surface area contributed by atoms with Crippen LogP contribution in [0.5, 0.6) is 0 Å². The summed E-state index contributed by atoms with van der Waals surface area (Å²) < 4.78 is 10.8. The van der Waals surface area contributed by atoms with Crippen LogP contribution in [0.3, 0.4) is 0 Å². The molecule has 1 atom stereocenters. The number of esters is 1.